The molecule has 0 bridgehead atoms. The molecular weight excluding hydrogens is 296 g/mol. The maximum absolute atomic E-state index is 12.8. The van der Waals surface area contributed by atoms with Gasteiger partial charge in [0.05, 0.1) is 5.56 Å². The molecule has 2 aliphatic rings. The fraction of sp³-hybridized carbons (Fsp3) is 0.278. The molecule has 2 aromatic rings. The van der Waals surface area contributed by atoms with Crippen LogP contribution in [0.1, 0.15) is 46.8 Å². The van der Waals surface area contributed by atoms with E-state index in [1.807, 2.05) is 13.8 Å². The van der Waals surface area contributed by atoms with E-state index < -0.39 is 17.2 Å². The van der Waals surface area contributed by atoms with Crippen molar-refractivity contribution in [3.63, 3.8) is 0 Å². The largest absolute Gasteiger partial charge is 0.507 e. The Kier molecular flexibility index (Phi) is 2.55. The maximum Gasteiger partial charge on any atom is 0.276 e. The predicted octanol–water partition coefficient (Wildman–Crippen LogP) is 2.14. The SMILES string of the molecule is CC(C)c1ccc2c(c1)OC1(O)c3cccc(O)c3C(=O)C21O. The lowest BCUT2D eigenvalue weighted by molar-refractivity contribution is -0.224. The number of phenols is 1. The van der Waals surface area contributed by atoms with Gasteiger partial charge in [0.25, 0.3) is 5.79 Å². The molecule has 0 spiro atoms. The van der Waals surface area contributed by atoms with Crippen LogP contribution >= 0.6 is 0 Å². The fourth-order valence-electron chi connectivity index (χ4n) is 3.47. The third-order valence-electron chi connectivity index (χ3n) is 4.77. The van der Waals surface area contributed by atoms with Crippen LogP contribution in [0.5, 0.6) is 11.5 Å². The van der Waals surface area contributed by atoms with E-state index in [2.05, 4.69) is 0 Å². The van der Waals surface area contributed by atoms with Gasteiger partial charge in [0.1, 0.15) is 11.5 Å². The van der Waals surface area contributed by atoms with Crippen molar-refractivity contribution in [2.45, 2.75) is 31.2 Å². The number of ketones is 1. The van der Waals surface area contributed by atoms with Gasteiger partial charge in [0.15, 0.2) is 0 Å². The molecule has 0 aromatic heterocycles. The summed E-state index contributed by atoms with van der Waals surface area (Å²) in [7, 11) is 0. The van der Waals surface area contributed by atoms with E-state index in [0.717, 1.165) is 5.56 Å². The van der Waals surface area contributed by atoms with Crippen molar-refractivity contribution in [2.24, 2.45) is 0 Å². The van der Waals surface area contributed by atoms with E-state index in [1.165, 1.54) is 18.2 Å². The van der Waals surface area contributed by atoms with E-state index >= 15 is 0 Å². The van der Waals surface area contributed by atoms with E-state index in [1.54, 1.807) is 18.2 Å². The van der Waals surface area contributed by atoms with Crippen LogP contribution in [0.4, 0.5) is 0 Å². The van der Waals surface area contributed by atoms with Gasteiger partial charge in [-0.3, -0.25) is 4.79 Å². The topological polar surface area (TPSA) is 87.0 Å². The number of carbonyl (C=O) groups is 1. The van der Waals surface area contributed by atoms with Crippen LogP contribution in [-0.2, 0) is 11.4 Å². The van der Waals surface area contributed by atoms with Crippen LogP contribution < -0.4 is 4.74 Å². The normalized spacial score (nSPS) is 27.6. The Morgan fingerprint density at radius 2 is 1.83 bits per heavy atom. The molecule has 0 radical (unpaired) electrons. The molecule has 118 valence electrons. The van der Waals surface area contributed by atoms with Crippen molar-refractivity contribution in [1.29, 1.82) is 0 Å². The van der Waals surface area contributed by atoms with Crippen LogP contribution in [0.2, 0.25) is 0 Å². The molecule has 23 heavy (non-hydrogen) atoms. The Hall–Kier alpha value is -2.37. The highest BCUT2D eigenvalue weighted by atomic mass is 16.7. The Balaban J connectivity index is 1.98. The highest BCUT2D eigenvalue weighted by molar-refractivity contribution is 6.11. The van der Waals surface area contributed by atoms with Crippen molar-refractivity contribution >= 4 is 5.78 Å². The van der Waals surface area contributed by atoms with Gasteiger partial charge in [-0.25, -0.2) is 0 Å². The number of ether oxygens (including phenoxy) is 1. The minimum Gasteiger partial charge on any atom is -0.507 e. The van der Waals surface area contributed by atoms with Crippen molar-refractivity contribution in [1.82, 2.24) is 0 Å². The zero-order valence-corrected chi connectivity index (χ0v) is 12.7. The number of benzene rings is 2. The molecule has 0 saturated heterocycles. The number of hydrogen-bond donors (Lipinski definition) is 3. The first-order valence-corrected chi connectivity index (χ1v) is 7.46. The quantitative estimate of drug-likeness (QED) is 0.751. The molecule has 4 rings (SSSR count). The maximum atomic E-state index is 12.8. The van der Waals surface area contributed by atoms with Crippen LogP contribution in [0, 0.1) is 0 Å². The molecule has 2 unspecified atom stereocenters. The first-order valence-electron chi connectivity index (χ1n) is 7.46. The molecular formula is C18H16O5. The second-order valence-electron chi connectivity index (χ2n) is 6.40. The molecule has 1 aliphatic carbocycles. The summed E-state index contributed by atoms with van der Waals surface area (Å²) >= 11 is 0. The zero-order chi connectivity index (χ0) is 16.6. The van der Waals surface area contributed by atoms with Crippen molar-refractivity contribution in [3.05, 3.63) is 58.7 Å². The molecule has 0 amide bonds. The second-order valence-corrected chi connectivity index (χ2v) is 6.40. The molecule has 1 heterocycles. The summed E-state index contributed by atoms with van der Waals surface area (Å²) in [5.74, 6) is -2.75. The number of carbonyl (C=O) groups excluding carboxylic acids is 1. The number of Topliss-reactive ketones (excluding diaryl/α,β-unsaturated/α-hetero) is 1. The van der Waals surface area contributed by atoms with Gasteiger partial charge < -0.3 is 20.1 Å². The van der Waals surface area contributed by atoms with Gasteiger partial charge in [0, 0.05) is 11.1 Å². The average Bonchev–Trinajstić information content (AvgIpc) is 2.84. The van der Waals surface area contributed by atoms with E-state index in [0.29, 0.717) is 0 Å². The van der Waals surface area contributed by atoms with Crippen LogP contribution in [0.25, 0.3) is 0 Å². The summed E-state index contributed by atoms with van der Waals surface area (Å²) in [6.07, 6.45) is 0. The lowest BCUT2D eigenvalue weighted by atomic mass is 9.86. The summed E-state index contributed by atoms with van der Waals surface area (Å²) in [6, 6.07) is 9.44. The standard InChI is InChI=1S/C18H16O5/c1-9(2)10-6-7-11-14(8-10)23-18(22)12-4-3-5-13(19)15(12)16(20)17(11,18)21/h3-9,19,21-22H,1-2H3. The van der Waals surface area contributed by atoms with E-state index in [-0.39, 0.29) is 34.1 Å². The Labute approximate surface area is 132 Å². The lowest BCUT2D eigenvalue weighted by Gasteiger charge is -2.28. The van der Waals surface area contributed by atoms with Crippen molar-refractivity contribution < 1.29 is 24.9 Å². The number of phenolic OH excluding ortho intramolecular Hbond substituents is 1. The van der Waals surface area contributed by atoms with Crippen LogP contribution in [0.15, 0.2) is 36.4 Å². The van der Waals surface area contributed by atoms with Crippen molar-refractivity contribution in [2.75, 3.05) is 0 Å². The molecule has 5 heteroatoms. The van der Waals surface area contributed by atoms with Gasteiger partial charge in [-0.15, -0.1) is 0 Å². The third-order valence-corrected chi connectivity index (χ3v) is 4.77. The smallest absolute Gasteiger partial charge is 0.276 e. The van der Waals surface area contributed by atoms with Gasteiger partial charge in [-0.1, -0.05) is 38.1 Å². The minimum absolute atomic E-state index is 0.0762. The highest BCUT2D eigenvalue weighted by Gasteiger charge is 2.71. The molecule has 2 atom stereocenters. The lowest BCUT2D eigenvalue weighted by Crippen LogP contribution is -2.48. The zero-order valence-electron chi connectivity index (χ0n) is 12.7. The predicted molar refractivity (Wildman–Crippen MR) is 81.4 cm³/mol. The molecule has 2 aromatic carbocycles. The average molecular weight is 312 g/mol. The molecule has 0 saturated carbocycles. The van der Waals surface area contributed by atoms with Crippen LogP contribution in [-0.4, -0.2) is 21.1 Å². The Bertz CT molecular complexity index is 856. The van der Waals surface area contributed by atoms with Gasteiger partial charge in [0.2, 0.25) is 11.4 Å². The Morgan fingerprint density at radius 1 is 1.09 bits per heavy atom. The monoisotopic (exact) mass is 312 g/mol. The number of aromatic hydroxyl groups is 1. The summed E-state index contributed by atoms with van der Waals surface area (Å²) in [4.78, 5) is 12.8. The Morgan fingerprint density at radius 3 is 2.52 bits per heavy atom. The van der Waals surface area contributed by atoms with Gasteiger partial charge in [-0.05, 0) is 23.6 Å². The first-order chi connectivity index (χ1) is 10.8. The molecule has 5 nitrogen and oxygen atoms in total. The second kappa shape index (κ2) is 4.13. The summed E-state index contributed by atoms with van der Waals surface area (Å²) in [5, 5.41) is 32.0. The molecule has 1 aliphatic heterocycles. The minimum atomic E-state index is -2.25. The summed E-state index contributed by atoms with van der Waals surface area (Å²) < 4.78 is 5.64. The van der Waals surface area contributed by atoms with E-state index in [9.17, 15) is 20.1 Å². The van der Waals surface area contributed by atoms with E-state index in [4.69, 9.17) is 4.74 Å². The summed E-state index contributed by atoms with van der Waals surface area (Å²) in [6.45, 7) is 4.03. The summed E-state index contributed by atoms with van der Waals surface area (Å²) in [5.41, 5.74) is -1.09. The van der Waals surface area contributed by atoms with Crippen LogP contribution in [0.3, 0.4) is 0 Å². The van der Waals surface area contributed by atoms with Gasteiger partial charge in [-0.2, -0.15) is 0 Å². The number of fused-ring (bicyclic) bond motifs is 5. The number of aliphatic hydroxyl groups is 2. The fourth-order valence-corrected chi connectivity index (χ4v) is 3.47. The highest BCUT2D eigenvalue weighted by Crippen LogP contribution is 2.59. The van der Waals surface area contributed by atoms with Crippen molar-refractivity contribution in [3.8, 4) is 11.5 Å². The molecule has 3 N–H and O–H groups in total. The number of rotatable bonds is 1. The van der Waals surface area contributed by atoms with Gasteiger partial charge >= 0.3 is 0 Å². The molecule has 0 fully saturated rings. The number of hydrogen-bond acceptors (Lipinski definition) is 5. The third kappa shape index (κ3) is 1.46. The first kappa shape index (κ1) is 14.2.